The van der Waals surface area contributed by atoms with E-state index in [2.05, 4.69) is 20.3 Å². The van der Waals surface area contributed by atoms with E-state index < -0.39 is 0 Å². The van der Waals surface area contributed by atoms with E-state index in [0.717, 1.165) is 22.2 Å². The van der Waals surface area contributed by atoms with Gasteiger partial charge in [0.15, 0.2) is 0 Å². The summed E-state index contributed by atoms with van der Waals surface area (Å²) >= 11 is 0. The minimum absolute atomic E-state index is 0.186. The van der Waals surface area contributed by atoms with Gasteiger partial charge >= 0.3 is 0 Å². The van der Waals surface area contributed by atoms with Gasteiger partial charge in [0.05, 0.1) is 5.56 Å². The normalized spacial score (nSPS) is 10.7. The van der Waals surface area contributed by atoms with Crippen LogP contribution in [0.2, 0.25) is 0 Å². The molecule has 4 N–H and O–H groups in total. The van der Waals surface area contributed by atoms with E-state index in [1.54, 1.807) is 36.8 Å². The molecule has 3 aromatic heterocycles. The van der Waals surface area contributed by atoms with Crippen molar-refractivity contribution in [3.05, 3.63) is 72.7 Å². The number of aromatic nitrogens is 3. The second-order valence-corrected chi connectivity index (χ2v) is 5.62. The van der Waals surface area contributed by atoms with Gasteiger partial charge in [-0.2, -0.15) is 0 Å². The molecule has 0 unspecified atom stereocenters. The van der Waals surface area contributed by atoms with Gasteiger partial charge < -0.3 is 16.0 Å². The number of hydrogen-bond acceptors (Lipinski definition) is 4. The average Bonchev–Trinajstić information content (AvgIpc) is 3.07. The summed E-state index contributed by atoms with van der Waals surface area (Å²) in [5.74, 6) is -0.124. The maximum absolute atomic E-state index is 12.5. The Hall–Kier alpha value is -3.67. The third kappa shape index (κ3) is 2.92. The number of H-pyrrole nitrogens is 1. The first-order chi connectivity index (χ1) is 12.2. The monoisotopic (exact) mass is 329 g/mol. The molecular formula is C19H15N5O. The van der Waals surface area contributed by atoms with Crippen LogP contribution in [0, 0.1) is 0 Å². The zero-order valence-corrected chi connectivity index (χ0v) is 13.2. The zero-order valence-electron chi connectivity index (χ0n) is 13.2. The first-order valence-corrected chi connectivity index (χ1v) is 7.76. The molecule has 6 heteroatoms. The molecule has 0 radical (unpaired) electrons. The number of anilines is 2. The fourth-order valence-corrected chi connectivity index (χ4v) is 2.67. The van der Waals surface area contributed by atoms with E-state index in [1.165, 1.54) is 0 Å². The van der Waals surface area contributed by atoms with Crippen molar-refractivity contribution in [2.75, 3.05) is 11.1 Å². The number of nitrogen functional groups attached to an aromatic ring is 1. The Morgan fingerprint density at radius 3 is 2.68 bits per heavy atom. The summed E-state index contributed by atoms with van der Waals surface area (Å²) < 4.78 is 0. The zero-order chi connectivity index (χ0) is 17.2. The van der Waals surface area contributed by atoms with Crippen LogP contribution in [0.4, 0.5) is 11.5 Å². The van der Waals surface area contributed by atoms with Crippen LogP contribution in [0.3, 0.4) is 0 Å². The highest BCUT2D eigenvalue weighted by molar-refractivity contribution is 6.07. The van der Waals surface area contributed by atoms with Gasteiger partial charge in [0, 0.05) is 46.4 Å². The molecule has 0 fully saturated rings. The first kappa shape index (κ1) is 14.9. The molecule has 0 aliphatic carbocycles. The summed E-state index contributed by atoms with van der Waals surface area (Å²) in [6.07, 6.45) is 4.87. The Bertz CT molecular complexity index is 1020. The number of nitrogens with zero attached hydrogens (tertiary/aromatic N) is 2. The van der Waals surface area contributed by atoms with Gasteiger partial charge in [-0.15, -0.1) is 0 Å². The fraction of sp³-hybridized carbons (Fsp3) is 0. The van der Waals surface area contributed by atoms with Crippen LogP contribution in [0.5, 0.6) is 0 Å². The SMILES string of the molecule is Nc1ncc(-c2cc3ccccc3[nH]2)cc1C(=O)Nc1ccncc1. The molecule has 0 aliphatic rings. The molecule has 4 aromatic rings. The van der Waals surface area contributed by atoms with Crippen molar-refractivity contribution in [3.8, 4) is 11.3 Å². The molecule has 0 spiro atoms. The number of hydrogen-bond donors (Lipinski definition) is 3. The van der Waals surface area contributed by atoms with Crippen LogP contribution >= 0.6 is 0 Å². The van der Waals surface area contributed by atoms with Crippen LogP contribution in [-0.4, -0.2) is 20.9 Å². The third-order valence-electron chi connectivity index (χ3n) is 3.94. The largest absolute Gasteiger partial charge is 0.383 e. The molecule has 0 bridgehead atoms. The van der Waals surface area contributed by atoms with E-state index in [9.17, 15) is 4.79 Å². The number of rotatable bonds is 3. The van der Waals surface area contributed by atoms with Crippen molar-refractivity contribution in [2.45, 2.75) is 0 Å². The number of pyridine rings is 2. The predicted molar refractivity (Wildman–Crippen MR) is 98.1 cm³/mol. The number of carbonyl (C=O) groups excluding carboxylic acids is 1. The van der Waals surface area contributed by atoms with Gasteiger partial charge in [-0.05, 0) is 30.3 Å². The molecule has 0 atom stereocenters. The van der Waals surface area contributed by atoms with Gasteiger partial charge in [-0.1, -0.05) is 18.2 Å². The second kappa shape index (κ2) is 6.09. The summed E-state index contributed by atoms with van der Waals surface area (Å²) in [5, 5.41) is 3.89. The lowest BCUT2D eigenvalue weighted by Gasteiger charge is -2.08. The highest BCUT2D eigenvalue weighted by atomic mass is 16.1. The van der Waals surface area contributed by atoms with E-state index in [4.69, 9.17) is 5.73 Å². The fourth-order valence-electron chi connectivity index (χ4n) is 2.67. The lowest BCUT2D eigenvalue weighted by Crippen LogP contribution is -2.15. The summed E-state index contributed by atoms with van der Waals surface area (Å²) in [6.45, 7) is 0. The molecule has 122 valence electrons. The molecule has 0 saturated heterocycles. The van der Waals surface area contributed by atoms with E-state index >= 15 is 0 Å². The summed E-state index contributed by atoms with van der Waals surface area (Å²) in [6, 6.07) is 15.2. The van der Waals surface area contributed by atoms with Crippen molar-refractivity contribution in [1.82, 2.24) is 15.0 Å². The number of benzene rings is 1. The van der Waals surface area contributed by atoms with Crippen LogP contribution in [0.15, 0.2) is 67.1 Å². The third-order valence-corrected chi connectivity index (χ3v) is 3.94. The number of nitrogens with two attached hydrogens (primary N) is 1. The molecule has 0 aliphatic heterocycles. The van der Waals surface area contributed by atoms with E-state index in [0.29, 0.717) is 11.3 Å². The molecule has 4 rings (SSSR count). The smallest absolute Gasteiger partial charge is 0.259 e. The van der Waals surface area contributed by atoms with Gasteiger partial charge in [0.2, 0.25) is 0 Å². The van der Waals surface area contributed by atoms with Crippen molar-refractivity contribution < 1.29 is 4.79 Å². The summed E-state index contributed by atoms with van der Waals surface area (Å²) in [4.78, 5) is 24.0. The first-order valence-electron chi connectivity index (χ1n) is 7.76. The number of aromatic amines is 1. The van der Waals surface area contributed by atoms with Crippen molar-refractivity contribution in [1.29, 1.82) is 0 Å². The molecule has 0 saturated carbocycles. The molecule has 1 amide bonds. The second-order valence-electron chi connectivity index (χ2n) is 5.62. The van der Waals surface area contributed by atoms with Crippen LogP contribution < -0.4 is 11.1 Å². The van der Waals surface area contributed by atoms with Crippen molar-refractivity contribution >= 4 is 28.3 Å². The predicted octanol–water partition coefficient (Wildman–Crippen LogP) is 3.46. The molecule has 3 heterocycles. The Labute approximate surface area is 143 Å². The lowest BCUT2D eigenvalue weighted by molar-refractivity contribution is 0.102. The standard InChI is InChI=1S/C19H15N5O/c20-18-15(19(25)23-14-5-7-21-8-6-14)9-13(11-22-18)17-10-12-3-1-2-4-16(12)24-17/h1-11,24H,(H2,20,22)(H,21,23,25). The van der Waals surface area contributed by atoms with E-state index in [-0.39, 0.29) is 11.7 Å². The highest BCUT2D eigenvalue weighted by Gasteiger charge is 2.14. The van der Waals surface area contributed by atoms with Gasteiger partial charge in [-0.25, -0.2) is 4.98 Å². The Kier molecular flexibility index (Phi) is 3.63. The Balaban J connectivity index is 1.69. The number of nitrogens with one attached hydrogen (secondary N) is 2. The molecule has 1 aromatic carbocycles. The maximum atomic E-state index is 12.5. The van der Waals surface area contributed by atoms with Crippen LogP contribution in [0.1, 0.15) is 10.4 Å². The number of carbonyl (C=O) groups is 1. The summed E-state index contributed by atoms with van der Waals surface area (Å²) in [7, 11) is 0. The van der Waals surface area contributed by atoms with Crippen molar-refractivity contribution in [2.24, 2.45) is 0 Å². The number of para-hydroxylation sites is 1. The molecule has 6 nitrogen and oxygen atoms in total. The number of fused-ring (bicyclic) bond motifs is 1. The van der Waals surface area contributed by atoms with Gasteiger partial charge in [-0.3, -0.25) is 9.78 Å². The van der Waals surface area contributed by atoms with Crippen LogP contribution in [-0.2, 0) is 0 Å². The minimum Gasteiger partial charge on any atom is -0.383 e. The van der Waals surface area contributed by atoms with Crippen LogP contribution in [0.25, 0.3) is 22.2 Å². The topological polar surface area (TPSA) is 96.7 Å². The molecular weight excluding hydrogens is 314 g/mol. The quantitative estimate of drug-likeness (QED) is 0.536. The number of amides is 1. The average molecular weight is 329 g/mol. The molecule has 25 heavy (non-hydrogen) atoms. The van der Waals surface area contributed by atoms with E-state index in [1.807, 2.05) is 30.3 Å². The Morgan fingerprint density at radius 2 is 1.88 bits per heavy atom. The summed E-state index contributed by atoms with van der Waals surface area (Å²) in [5.41, 5.74) is 9.58. The van der Waals surface area contributed by atoms with Gasteiger partial charge in [0.1, 0.15) is 5.82 Å². The van der Waals surface area contributed by atoms with Gasteiger partial charge in [0.25, 0.3) is 5.91 Å². The van der Waals surface area contributed by atoms with Crippen molar-refractivity contribution in [3.63, 3.8) is 0 Å². The minimum atomic E-state index is -0.311. The maximum Gasteiger partial charge on any atom is 0.259 e. The lowest BCUT2D eigenvalue weighted by atomic mass is 10.1. The Morgan fingerprint density at radius 1 is 1.08 bits per heavy atom. The highest BCUT2D eigenvalue weighted by Crippen LogP contribution is 2.26.